The minimum Gasteiger partial charge on any atom is -0.406 e. The lowest BCUT2D eigenvalue weighted by molar-refractivity contribution is -0.274. The fourth-order valence-corrected chi connectivity index (χ4v) is 1.27. The van der Waals surface area contributed by atoms with E-state index in [1.165, 1.54) is 12.1 Å². The van der Waals surface area contributed by atoms with Crippen molar-refractivity contribution < 1.29 is 22.7 Å². The second-order valence-corrected chi connectivity index (χ2v) is 4.25. The number of anilines is 1. The molecule has 0 aliphatic heterocycles. The van der Waals surface area contributed by atoms with Gasteiger partial charge >= 0.3 is 12.4 Å². The first-order valence-electron chi connectivity index (χ1n) is 5.91. The van der Waals surface area contributed by atoms with Gasteiger partial charge in [0.15, 0.2) is 0 Å². The lowest BCUT2D eigenvalue weighted by Gasteiger charge is -2.12. The van der Waals surface area contributed by atoms with Crippen LogP contribution in [0.15, 0.2) is 24.3 Å². The fraction of sp³-hybridized carbons (Fsp3) is 0.417. The molecule has 1 unspecified atom stereocenters. The molecule has 5 nitrogen and oxygen atoms in total. The molecule has 0 aromatic heterocycles. The van der Waals surface area contributed by atoms with Gasteiger partial charge in [0.2, 0.25) is 0 Å². The van der Waals surface area contributed by atoms with Crippen LogP contribution in [-0.4, -0.2) is 25.5 Å². The molecule has 0 saturated carbocycles. The van der Waals surface area contributed by atoms with Gasteiger partial charge in [-0.25, -0.2) is 4.79 Å². The van der Waals surface area contributed by atoms with Gasteiger partial charge in [-0.1, -0.05) is 6.92 Å². The molecular weight excluding hydrogens is 275 g/mol. The number of halogens is 3. The number of ether oxygens (including phenoxy) is 1. The number of carbonyl (C=O) groups is 1. The molecule has 8 heteroatoms. The first-order valence-corrected chi connectivity index (χ1v) is 5.91. The summed E-state index contributed by atoms with van der Waals surface area (Å²) in [6.45, 7) is 2.74. The second-order valence-electron chi connectivity index (χ2n) is 4.25. The van der Waals surface area contributed by atoms with E-state index < -0.39 is 12.4 Å². The SMILES string of the molecule is CC(CN)CNC(=O)Nc1ccc(OC(F)(F)F)cc1. The van der Waals surface area contributed by atoms with E-state index in [0.29, 0.717) is 18.8 Å². The molecule has 1 aromatic rings. The highest BCUT2D eigenvalue weighted by molar-refractivity contribution is 5.89. The summed E-state index contributed by atoms with van der Waals surface area (Å²) in [6.07, 6.45) is -4.73. The number of amides is 2. The summed E-state index contributed by atoms with van der Waals surface area (Å²) < 4.78 is 39.6. The third-order valence-corrected chi connectivity index (χ3v) is 2.36. The van der Waals surface area contributed by atoms with Crippen LogP contribution in [-0.2, 0) is 0 Å². The number of urea groups is 1. The van der Waals surface area contributed by atoms with E-state index in [9.17, 15) is 18.0 Å². The van der Waals surface area contributed by atoms with Crippen molar-refractivity contribution in [1.82, 2.24) is 5.32 Å². The third-order valence-electron chi connectivity index (χ3n) is 2.36. The summed E-state index contributed by atoms with van der Waals surface area (Å²) in [5.74, 6) is -0.205. The Kier molecular flexibility index (Phi) is 5.63. The van der Waals surface area contributed by atoms with Crippen molar-refractivity contribution in [2.45, 2.75) is 13.3 Å². The quantitative estimate of drug-likeness (QED) is 0.779. The normalized spacial score (nSPS) is 12.7. The molecule has 0 bridgehead atoms. The zero-order valence-corrected chi connectivity index (χ0v) is 10.8. The Balaban J connectivity index is 2.47. The lowest BCUT2D eigenvalue weighted by atomic mass is 10.2. The summed E-state index contributed by atoms with van der Waals surface area (Å²) in [4.78, 5) is 11.5. The monoisotopic (exact) mass is 291 g/mol. The van der Waals surface area contributed by atoms with Crippen molar-refractivity contribution in [3.8, 4) is 5.75 Å². The van der Waals surface area contributed by atoms with Crippen molar-refractivity contribution >= 4 is 11.7 Å². The van der Waals surface area contributed by atoms with E-state index in [4.69, 9.17) is 5.73 Å². The molecule has 112 valence electrons. The van der Waals surface area contributed by atoms with E-state index >= 15 is 0 Å². The number of hydrogen-bond donors (Lipinski definition) is 3. The first kappa shape index (κ1) is 16.1. The van der Waals surface area contributed by atoms with Crippen LogP contribution in [0.4, 0.5) is 23.7 Å². The van der Waals surface area contributed by atoms with Crippen molar-refractivity contribution in [3.63, 3.8) is 0 Å². The highest BCUT2D eigenvalue weighted by atomic mass is 19.4. The second kappa shape index (κ2) is 6.99. The summed E-state index contributed by atoms with van der Waals surface area (Å²) in [7, 11) is 0. The largest absolute Gasteiger partial charge is 0.573 e. The molecule has 20 heavy (non-hydrogen) atoms. The Labute approximate surface area is 114 Å². The molecule has 0 radical (unpaired) electrons. The van der Waals surface area contributed by atoms with E-state index in [1.54, 1.807) is 0 Å². The van der Waals surface area contributed by atoms with Gasteiger partial charge in [0, 0.05) is 12.2 Å². The summed E-state index contributed by atoms with van der Waals surface area (Å²) in [6, 6.07) is 4.41. The number of nitrogens with two attached hydrogens (primary N) is 1. The molecule has 0 aliphatic rings. The van der Waals surface area contributed by atoms with Crippen molar-refractivity contribution in [1.29, 1.82) is 0 Å². The fourth-order valence-electron chi connectivity index (χ4n) is 1.27. The maximum Gasteiger partial charge on any atom is 0.573 e. The molecule has 0 spiro atoms. The van der Waals surface area contributed by atoms with Crippen LogP contribution in [0.25, 0.3) is 0 Å². The number of alkyl halides is 3. The van der Waals surface area contributed by atoms with Crippen molar-refractivity contribution in [3.05, 3.63) is 24.3 Å². The molecule has 0 fully saturated rings. The minimum absolute atomic E-state index is 0.142. The van der Waals surface area contributed by atoms with Crippen LogP contribution < -0.4 is 21.1 Å². The molecule has 4 N–H and O–H groups in total. The van der Waals surface area contributed by atoms with Crippen molar-refractivity contribution in [2.75, 3.05) is 18.4 Å². The van der Waals surface area contributed by atoms with Gasteiger partial charge in [0.1, 0.15) is 5.75 Å². The first-order chi connectivity index (χ1) is 9.30. The Bertz CT molecular complexity index is 435. The average Bonchev–Trinajstić information content (AvgIpc) is 2.36. The molecule has 0 heterocycles. The van der Waals surface area contributed by atoms with Gasteiger partial charge < -0.3 is 21.1 Å². The zero-order chi connectivity index (χ0) is 15.2. The van der Waals surface area contributed by atoms with Crippen LogP contribution in [0.3, 0.4) is 0 Å². The van der Waals surface area contributed by atoms with Gasteiger partial charge in [-0.15, -0.1) is 13.2 Å². The van der Waals surface area contributed by atoms with Gasteiger partial charge in [-0.05, 0) is 36.7 Å². The zero-order valence-electron chi connectivity index (χ0n) is 10.8. The Hall–Kier alpha value is -1.96. The summed E-state index contributed by atoms with van der Waals surface area (Å²) >= 11 is 0. The lowest BCUT2D eigenvalue weighted by Crippen LogP contribution is -2.34. The average molecular weight is 291 g/mol. The molecule has 2 amide bonds. The molecule has 1 rings (SSSR count). The van der Waals surface area contributed by atoms with Crippen LogP contribution in [0.2, 0.25) is 0 Å². The highest BCUT2D eigenvalue weighted by Gasteiger charge is 2.30. The van der Waals surface area contributed by atoms with Gasteiger partial charge in [0.25, 0.3) is 0 Å². The van der Waals surface area contributed by atoms with Crippen LogP contribution in [0.1, 0.15) is 6.92 Å². The molecular formula is C12H16F3N3O2. The van der Waals surface area contributed by atoms with Crippen LogP contribution >= 0.6 is 0 Å². The van der Waals surface area contributed by atoms with Crippen LogP contribution in [0.5, 0.6) is 5.75 Å². The predicted molar refractivity (Wildman–Crippen MR) is 68.4 cm³/mol. The molecule has 1 aromatic carbocycles. The molecule has 0 aliphatic carbocycles. The van der Waals surface area contributed by atoms with E-state index in [0.717, 1.165) is 12.1 Å². The standard InChI is InChI=1S/C12H16F3N3O2/c1-8(6-16)7-17-11(19)18-9-2-4-10(5-3-9)20-12(13,14)15/h2-5,8H,6-7,16H2,1H3,(H2,17,18,19). The van der Waals surface area contributed by atoms with Crippen LogP contribution in [0, 0.1) is 5.92 Å². The van der Waals surface area contributed by atoms with Gasteiger partial charge in [-0.3, -0.25) is 0 Å². The topological polar surface area (TPSA) is 76.4 Å². The maximum absolute atomic E-state index is 11.9. The maximum atomic E-state index is 11.9. The third kappa shape index (κ3) is 6.28. The van der Waals surface area contributed by atoms with E-state index in [1.807, 2.05) is 6.92 Å². The smallest absolute Gasteiger partial charge is 0.406 e. The van der Waals surface area contributed by atoms with Crippen molar-refractivity contribution in [2.24, 2.45) is 11.7 Å². The number of hydrogen-bond acceptors (Lipinski definition) is 3. The van der Waals surface area contributed by atoms with E-state index in [2.05, 4.69) is 15.4 Å². The Morgan fingerprint density at radius 3 is 2.45 bits per heavy atom. The minimum atomic E-state index is -4.73. The summed E-state index contributed by atoms with van der Waals surface area (Å²) in [5.41, 5.74) is 5.76. The van der Waals surface area contributed by atoms with Gasteiger partial charge in [0.05, 0.1) is 0 Å². The summed E-state index contributed by atoms with van der Waals surface area (Å²) in [5, 5.41) is 5.08. The number of rotatable bonds is 5. The van der Waals surface area contributed by atoms with Gasteiger partial charge in [-0.2, -0.15) is 0 Å². The highest BCUT2D eigenvalue weighted by Crippen LogP contribution is 2.23. The molecule has 1 atom stereocenters. The molecule has 0 saturated heterocycles. The predicted octanol–water partition coefficient (Wildman–Crippen LogP) is 2.30. The van der Waals surface area contributed by atoms with E-state index in [-0.39, 0.29) is 11.7 Å². The number of nitrogens with one attached hydrogen (secondary N) is 2. The number of carbonyl (C=O) groups excluding carboxylic acids is 1. The Morgan fingerprint density at radius 1 is 1.35 bits per heavy atom. The Morgan fingerprint density at radius 2 is 1.95 bits per heavy atom. The number of benzene rings is 1.